The van der Waals surface area contributed by atoms with E-state index in [1.54, 1.807) is 0 Å². The molecule has 4 nitrogen and oxygen atoms in total. The van der Waals surface area contributed by atoms with Gasteiger partial charge in [-0.15, -0.1) is 0 Å². The lowest BCUT2D eigenvalue weighted by atomic mass is 9.98. The lowest BCUT2D eigenvalue weighted by Crippen LogP contribution is -2.49. The molecule has 2 atom stereocenters. The number of carbonyl (C=O) groups is 1. The maximum atomic E-state index is 13.1. The largest absolute Gasteiger partial charge is 0.416 e. The molecule has 0 radical (unpaired) electrons. The van der Waals surface area contributed by atoms with E-state index in [9.17, 15) is 23.1 Å². The Hall–Kier alpha value is -1.60. The molecule has 1 amide bonds. The maximum absolute atomic E-state index is 13.1. The van der Waals surface area contributed by atoms with Gasteiger partial charge in [-0.25, -0.2) is 0 Å². The second-order valence-electron chi connectivity index (χ2n) is 5.82. The van der Waals surface area contributed by atoms with E-state index in [4.69, 9.17) is 0 Å². The molecule has 1 unspecified atom stereocenters. The monoisotopic (exact) mass is 330 g/mol. The molecule has 1 aliphatic heterocycles. The standard InChI is InChI=1S/C16H21F3N2O2/c1-21-9-5-4-8-14(21)15(23)20-13(10-22)11-6-2-3-7-12(11)16(17,18)19/h2-3,6-7,13-14,22H,4-5,8-10H2,1H3,(H,20,23)/t13?,14-/m0/s1. The molecular formula is C16H21F3N2O2. The molecule has 2 N–H and O–H groups in total. The zero-order valence-corrected chi connectivity index (χ0v) is 12.9. The Kier molecular flexibility index (Phi) is 5.64. The van der Waals surface area contributed by atoms with Crippen LogP contribution in [0.25, 0.3) is 0 Å². The number of aliphatic hydroxyl groups excluding tert-OH is 1. The zero-order chi connectivity index (χ0) is 17.0. The third kappa shape index (κ3) is 4.23. The summed E-state index contributed by atoms with van der Waals surface area (Å²) in [6, 6.07) is 3.56. The van der Waals surface area contributed by atoms with Crippen LogP contribution in [0.1, 0.15) is 36.4 Å². The topological polar surface area (TPSA) is 52.6 Å². The van der Waals surface area contributed by atoms with Gasteiger partial charge in [0.05, 0.1) is 24.3 Å². The summed E-state index contributed by atoms with van der Waals surface area (Å²) in [6.07, 6.45) is -1.95. The summed E-state index contributed by atoms with van der Waals surface area (Å²) in [5.74, 6) is -0.344. The van der Waals surface area contributed by atoms with Gasteiger partial charge in [0.15, 0.2) is 0 Å². The minimum atomic E-state index is -4.53. The van der Waals surface area contributed by atoms with Crippen LogP contribution in [-0.4, -0.2) is 42.2 Å². The van der Waals surface area contributed by atoms with E-state index < -0.39 is 24.4 Å². The Morgan fingerprint density at radius 1 is 1.39 bits per heavy atom. The molecule has 1 fully saturated rings. The van der Waals surface area contributed by atoms with Crippen molar-refractivity contribution in [2.24, 2.45) is 0 Å². The highest BCUT2D eigenvalue weighted by Crippen LogP contribution is 2.34. The van der Waals surface area contributed by atoms with Crippen molar-refractivity contribution >= 4 is 5.91 Å². The highest BCUT2D eigenvalue weighted by Gasteiger charge is 2.36. The number of hydrogen-bond donors (Lipinski definition) is 2. The van der Waals surface area contributed by atoms with Gasteiger partial charge in [-0.05, 0) is 38.1 Å². The highest BCUT2D eigenvalue weighted by atomic mass is 19.4. The van der Waals surface area contributed by atoms with Crippen LogP contribution < -0.4 is 5.32 Å². The van der Waals surface area contributed by atoms with Crippen LogP contribution in [0.15, 0.2) is 24.3 Å². The van der Waals surface area contributed by atoms with Gasteiger partial charge in [0.1, 0.15) is 0 Å². The zero-order valence-electron chi connectivity index (χ0n) is 12.9. The molecule has 1 heterocycles. The predicted molar refractivity (Wildman–Crippen MR) is 79.7 cm³/mol. The van der Waals surface area contributed by atoms with E-state index in [1.165, 1.54) is 18.2 Å². The molecule has 1 aliphatic rings. The normalized spacial score (nSPS) is 21.0. The van der Waals surface area contributed by atoms with Crippen molar-refractivity contribution in [3.8, 4) is 0 Å². The van der Waals surface area contributed by atoms with E-state index in [0.717, 1.165) is 25.5 Å². The number of hydrogen-bond acceptors (Lipinski definition) is 3. The number of carbonyl (C=O) groups excluding carboxylic acids is 1. The molecule has 2 rings (SSSR count). The number of benzene rings is 1. The smallest absolute Gasteiger partial charge is 0.394 e. The van der Waals surface area contributed by atoms with Crippen LogP contribution in [0, 0.1) is 0 Å². The van der Waals surface area contributed by atoms with Crippen LogP contribution in [0.4, 0.5) is 13.2 Å². The van der Waals surface area contributed by atoms with E-state index in [2.05, 4.69) is 5.32 Å². The number of nitrogens with zero attached hydrogens (tertiary/aromatic N) is 1. The van der Waals surface area contributed by atoms with E-state index >= 15 is 0 Å². The van der Waals surface area contributed by atoms with Crippen LogP contribution in [0.3, 0.4) is 0 Å². The van der Waals surface area contributed by atoms with Gasteiger partial charge in [-0.3, -0.25) is 9.69 Å². The fraction of sp³-hybridized carbons (Fsp3) is 0.562. The molecule has 7 heteroatoms. The van der Waals surface area contributed by atoms with Gasteiger partial charge in [-0.2, -0.15) is 13.2 Å². The third-order valence-electron chi connectivity index (χ3n) is 4.21. The summed E-state index contributed by atoms with van der Waals surface area (Å²) in [5, 5.41) is 12.1. The molecule has 1 aromatic carbocycles. The third-order valence-corrected chi connectivity index (χ3v) is 4.21. The molecule has 0 spiro atoms. The summed E-state index contributed by atoms with van der Waals surface area (Å²) in [5.41, 5.74) is -0.953. The number of aliphatic hydroxyl groups is 1. The van der Waals surface area contributed by atoms with Crippen molar-refractivity contribution in [1.82, 2.24) is 10.2 Å². The quantitative estimate of drug-likeness (QED) is 0.891. The van der Waals surface area contributed by atoms with Gasteiger partial charge < -0.3 is 10.4 Å². The number of amides is 1. The summed E-state index contributed by atoms with van der Waals surface area (Å²) >= 11 is 0. The molecule has 128 valence electrons. The Balaban J connectivity index is 2.19. The summed E-state index contributed by atoms with van der Waals surface area (Å²) in [6.45, 7) is 0.191. The second kappa shape index (κ2) is 7.31. The lowest BCUT2D eigenvalue weighted by molar-refractivity contribution is -0.139. The average Bonchev–Trinajstić information content (AvgIpc) is 2.52. The van der Waals surface area contributed by atoms with Crippen LogP contribution in [-0.2, 0) is 11.0 Å². The maximum Gasteiger partial charge on any atom is 0.416 e. The average molecular weight is 330 g/mol. The van der Waals surface area contributed by atoms with E-state index in [1.807, 2.05) is 11.9 Å². The summed E-state index contributed by atoms with van der Waals surface area (Å²) < 4.78 is 39.3. The van der Waals surface area contributed by atoms with Crippen molar-refractivity contribution < 1.29 is 23.1 Å². The first-order valence-electron chi connectivity index (χ1n) is 7.62. The van der Waals surface area contributed by atoms with Crippen molar-refractivity contribution in [3.05, 3.63) is 35.4 Å². The minimum absolute atomic E-state index is 0.116. The van der Waals surface area contributed by atoms with Gasteiger partial charge in [-0.1, -0.05) is 24.6 Å². The Morgan fingerprint density at radius 2 is 2.09 bits per heavy atom. The first-order valence-corrected chi connectivity index (χ1v) is 7.62. The Labute approximate surface area is 133 Å². The molecule has 0 aromatic heterocycles. The molecule has 23 heavy (non-hydrogen) atoms. The van der Waals surface area contributed by atoms with Crippen molar-refractivity contribution in [2.75, 3.05) is 20.2 Å². The van der Waals surface area contributed by atoms with Gasteiger partial charge in [0, 0.05) is 0 Å². The molecule has 0 bridgehead atoms. The molecule has 0 saturated carbocycles. The first kappa shape index (κ1) is 17.7. The summed E-state index contributed by atoms with van der Waals surface area (Å²) in [4.78, 5) is 14.3. The second-order valence-corrected chi connectivity index (χ2v) is 5.82. The number of nitrogens with one attached hydrogen (secondary N) is 1. The van der Waals surface area contributed by atoms with Crippen molar-refractivity contribution in [2.45, 2.75) is 37.5 Å². The van der Waals surface area contributed by atoms with E-state index in [-0.39, 0.29) is 17.5 Å². The van der Waals surface area contributed by atoms with Crippen molar-refractivity contribution in [3.63, 3.8) is 0 Å². The molecule has 1 aromatic rings. The van der Waals surface area contributed by atoms with Crippen LogP contribution in [0.2, 0.25) is 0 Å². The number of alkyl halides is 3. The molecular weight excluding hydrogens is 309 g/mol. The fourth-order valence-corrected chi connectivity index (χ4v) is 2.96. The fourth-order valence-electron chi connectivity index (χ4n) is 2.96. The molecule has 1 saturated heterocycles. The highest BCUT2D eigenvalue weighted by molar-refractivity contribution is 5.82. The Bertz CT molecular complexity index is 548. The van der Waals surface area contributed by atoms with Gasteiger partial charge in [0.2, 0.25) is 5.91 Å². The number of likely N-dealkylation sites (tertiary alicyclic amines) is 1. The molecule has 0 aliphatic carbocycles. The number of likely N-dealkylation sites (N-methyl/N-ethyl adjacent to an activating group) is 1. The lowest BCUT2D eigenvalue weighted by Gasteiger charge is -2.32. The minimum Gasteiger partial charge on any atom is -0.394 e. The number of rotatable bonds is 4. The van der Waals surface area contributed by atoms with Gasteiger partial charge in [0.25, 0.3) is 0 Å². The van der Waals surface area contributed by atoms with Crippen LogP contribution >= 0.6 is 0 Å². The first-order chi connectivity index (χ1) is 10.8. The SMILES string of the molecule is CN1CCCC[C@H]1C(=O)NC(CO)c1ccccc1C(F)(F)F. The summed E-state index contributed by atoms with van der Waals surface area (Å²) in [7, 11) is 1.82. The van der Waals surface area contributed by atoms with Gasteiger partial charge >= 0.3 is 6.18 Å². The Morgan fingerprint density at radius 3 is 2.70 bits per heavy atom. The van der Waals surface area contributed by atoms with Crippen molar-refractivity contribution in [1.29, 1.82) is 0 Å². The predicted octanol–water partition coefficient (Wildman–Crippen LogP) is 2.34. The van der Waals surface area contributed by atoms with E-state index in [0.29, 0.717) is 6.42 Å². The van der Waals surface area contributed by atoms with Crippen LogP contribution in [0.5, 0.6) is 0 Å². The number of halogens is 3. The number of piperidine rings is 1.